The summed E-state index contributed by atoms with van der Waals surface area (Å²) >= 11 is 0. The van der Waals surface area contributed by atoms with Gasteiger partial charge < -0.3 is 10.1 Å². The van der Waals surface area contributed by atoms with Crippen LogP contribution in [0.5, 0.6) is 0 Å². The zero-order valence-corrected chi connectivity index (χ0v) is 14.4. The minimum Gasteiger partial charge on any atom is -0.373 e. The third kappa shape index (κ3) is 3.41. The fourth-order valence-electron chi connectivity index (χ4n) is 3.34. The van der Waals surface area contributed by atoms with Crippen molar-refractivity contribution in [2.45, 2.75) is 32.8 Å². The highest BCUT2D eigenvalue weighted by Crippen LogP contribution is 2.33. The molecule has 0 aromatic carbocycles. The molecule has 0 aliphatic carbocycles. The number of nitriles is 1. The Balaban J connectivity index is 1.76. The van der Waals surface area contributed by atoms with E-state index in [0.717, 1.165) is 42.8 Å². The van der Waals surface area contributed by atoms with E-state index in [1.165, 1.54) is 0 Å². The van der Waals surface area contributed by atoms with Gasteiger partial charge >= 0.3 is 0 Å². The van der Waals surface area contributed by atoms with Crippen LogP contribution in [-0.4, -0.2) is 27.9 Å². The monoisotopic (exact) mass is 325 g/mol. The largest absolute Gasteiger partial charge is 0.373 e. The number of rotatable bonds is 4. The van der Waals surface area contributed by atoms with Crippen LogP contribution in [0.1, 0.15) is 41.3 Å². The average molecular weight is 325 g/mol. The van der Waals surface area contributed by atoms with Crippen molar-refractivity contribution in [1.82, 2.24) is 14.8 Å². The Morgan fingerprint density at radius 2 is 2.29 bits per heavy atom. The quantitative estimate of drug-likeness (QED) is 0.935. The Morgan fingerprint density at radius 1 is 1.46 bits per heavy atom. The van der Waals surface area contributed by atoms with Gasteiger partial charge in [-0.3, -0.25) is 4.68 Å². The van der Waals surface area contributed by atoms with E-state index in [4.69, 9.17) is 4.74 Å². The highest BCUT2D eigenvalue weighted by molar-refractivity contribution is 5.56. The van der Waals surface area contributed by atoms with Gasteiger partial charge in [-0.25, -0.2) is 4.98 Å². The molecule has 1 aliphatic heterocycles. The molecule has 6 heteroatoms. The van der Waals surface area contributed by atoms with Gasteiger partial charge in [0, 0.05) is 43.6 Å². The molecule has 3 rings (SSSR count). The molecular weight excluding hydrogens is 302 g/mol. The molecular formula is C18H23N5O. The van der Waals surface area contributed by atoms with Gasteiger partial charge in [0.1, 0.15) is 11.9 Å². The first kappa shape index (κ1) is 16.5. The van der Waals surface area contributed by atoms with Gasteiger partial charge in [0.25, 0.3) is 0 Å². The van der Waals surface area contributed by atoms with Crippen LogP contribution in [0.2, 0.25) is 0 Å². The van der Waals surface area contributed by atoms with Crippen molar-refractivity contribution in [3.63, 3.8) is 0 Å². The molecule has 0 bridgehead atoms. The lowest BCUT2D eigenvalue weighted by Gasteiger charge is -2.31. The van der Waals surface area contributed by atoms with Gasteiger partial charge in [0.15, 0.2) is 0 Å². The van der Waals surface area contributed by atoms with Crippen LogP contribution in [0.4, 0.5) is 5.82 Å². The molecule has 3 heterocycles. The van der Waals surface area contributed by atoms with Crippen molar-refractivity contribution >= 4 is 5.82 Å². The smallest absolute Gasteiger partial charge is 0.144 e. The number of nitrogens with one attached hydrogen (secondary N) is 1. The highest BCUT2D eigenvalue weighted by Gasteiger charge is 2.28. The van der Waals surface area contributed by atoms with Crippen LogP contribution in [0.15, 0.2) is 18.5 Å². The van der Waals surface area contributed by atoms with E-state index in [1.807, 2.05) is 39.4 Å². The minimum atomic E-state index is 0.0383. The second kappa shape index (κ2) is 7.02. The summed E-state index contributed by atoms with van der Waals surface area (Å²) in [4.78, 5) is 4.50. The Morgan fingerprint density at radius 3 is 3.00 bits per heavy atom. The minimum absolute atomic E-state index is 0.0383. The van der Waals surface area contributed by atoms with Gasteiger partial charge in [-0.2, -0.15) is 10.4 Å². The van der Waals surface area contributed by atoms with Crippen LogP contribution in [-0.2, 0) is 11.8 Å². The normalized spacial score (nSPS) is 20.6. The fourth-order valence-corrected chi connectivity index (χ4v) is 3.34. The molecule has 6 nitrogen and oxygen atoms in total. The summed E-state index contributed by atoms with van der Waals surface area (Å²) in [6.07, 6.45) is 6.06. The van der Waals surface area contributed by atoms with Crippen molar-refractivity contribution < 1.29 is 4.74 Å². The molecule has 24 heavy (non-hydrogen) atoms. The first-order valence-corrected chi connectivity index (χ1v) is 8.31. The second-order valence-electron chi connectivity index (χ2n) is 6.44. The number of hydrogen-bond donors (Lipinski definition) is 1. The SMILES string of the molecule is Cc1cc(C)c(C#N)c(NC[C@@H]2CCCO[C@H]2c2cnn(C)c2)n1. The lowest BCUT2D eigenvalue weighted by atomic mass is 9.90. The van der Waals surface area contributed by atoms with Crippen LogP contribution in [0, 0.1) is 31.1 Å². The Hall–Kier alpha value is -2.39. The van der Waals surface area contributed by atoms with Crippen molar-refractivity contribution in [2.24, 2.45) is 13.0 Å². The van der Waals surface area contributed by atoms with E-state index < -0.39 is 0 Å². The topological polar surface area (TPSA) is 75.8 Å². The number of aromatic nitrogens is 3. The Bertz CT molecular complexity index is 761. The number of aryl methyl sites for hydroxylation is 3. The average Bonchev–Trinajstić information content (AvgIpc) is 2.99. The van der Waals surface area contributed by atoms with E-state index in [9.17, 15) is 5.26 Å². The summed E-state index contributed by atoms with van der Waals surface area (Å²) in [6, 6.07) is 4.19. The van der Waals surface area contributed by atoms with Crippen LogP contribution < -0.4 is 5.32 Å². The molecule has 126 valence electrons. The van der Waals surface area contributed by atoms with E-state index >= 15 is 0 Å². The lowest BCUT2D eigenvalue weighted by Crippen LogP contribution is -2.28. The number of pyridine rings is 1. The van der Waals surface area contributed by atoms with Crippen molar-refractivity contribution in [2.75, 3.05) is 18.5 Å². The first-order chi connectivity index (χ1) is 11.6. The van der Waals surface area contributed by atoms with Gasteiger partial charge in [0.2, 0.25) is 0 Å². The maximum Gasteiger partial charge on any atom is 0.144 e. The lowest BCUT2D eigenvalue weighted by molar-refractivity contribution is -0.0239. The molecule has 1 aliphatic rings. The zero-order valence-electron chi connectivity index (χ0n) is 14.4. The summed E-state index contributed by atoms with van der Waals surface area (Å²) in [7, 11) is 1.91. The predicted octanol–water partition coefficient (Wildman–Crippen LogP) is 2.88. The molecule has 1 saturated heterocycles. The molecule has 1 fully saturated rings. The van der Waals surface area contributed by atoms with E-state index in [0.29, 0.717) is 17.3 Å². The second-order valence-corrected chi connectivity index (χ2v) is 6.44. The molecule has 0 amide bonds. The Labute approximate surface area is 142 Å². The molecule has 0 saturated carbocycles. The first-order valence-electron chi connectivity index (χ1n) is 8.31. The van der Waals surface area contributed by atoms with E-state index in [-0.39, 0.29) is 6.10 Å². The molecule has 0 radical (unpaired) electrons. The third-order valence-corrected chi connectivity index (χ3v) is 4.49. The maximum atomic E-state index is 9.39. The molecule has 2 aromatic rings. The highest BCUT2D eigenvalue weighted by atomic mass is 16.5. The fraction of sp³-hybridized carbons (Fsp3) is 0.500. The maximum absolute atomic E-state index is 9.39. The molecule has 1 N–H and O–H groups in total. The van der Waals surface area contributed by atoms with Crippen LogP contribution in [0.3, 0.4) is 0 Å². The van der Waals surface area contributed by atoms with Gasteiger partial charge in [-0.15, -0.1) is 0 Å². The van der Waals surface area contributed by atoms with Gasteiger partial charge in [-0.05, 0) is 38.3 Å². The summed E-state index contributed by atoms with van der Waals surface area (Å²) in [5, 5.41) is 17.0. The third-order valence-electron chi connectivity index (χ3n) is 4.49. The molecule has 2 atom stereocenters. The Kier molecular flexibility index (Phi) is 4.81. The summed E-state index contributed by atoms with van der Waals surface area (Å²) in [5.74, 6) is 1.00. The number of anilines is 1. The van der Waals surface area contributed by atoms with Crippen molar-refractivity contribution in [1.29, 1.82) is 5.26 Å². The number of hydrogen-bond acceptors (Lipinski definition) is 5. The van der Waals surface area contributed by atoms with Gasteiger partial charge in [0.05, 0.1) is 17.9 Å². The van der Waals surface area contributed by atoms with E-state index in [1.54, 1.807) is 4.68 Å². The molecule has 2 aromatic heterocycles. The summed E-state index contributed by atoms with van der Waals surface area (Å²) < 4.78 is 7.81. The van der Waals surface area contributed by atoms with Crippen molar-refractivity contribution in [3.8, 4) is 6.07 Å². The summed E-state index contributed by atoms with van der Waals surface area (Å²) in [5.41, 5.74) is 3.60. The van der Waals surface area contributed by atoms with Crippen LogP contribution in [0.25, 0.3) is 0 Å². The molecule has 0 spiro atoms. The van der Waals surface area contributed by atoms with Crippen LogP contribution >= 0.6 is 0 Å². The number of ether oxygens (including phenoxy) is 1. The predicted molar refractivity (Wildman–Crippen MR) is 91.5 cm³/mol. The standard InChI is InChI=1S/C18H23N5O/c1-12-7-13(2)22-18(16(12)8-19)20-9-14-5-4-6-24-17(14)15-10-21-23(3)11-15/h7,10-11,14,17H,4-6,9H2,1-3H3,(H,20,22)/t14-,17+/m0/s1. The number of nitrogens with zero attached hydrogens (tertiary/aromatic N) is 4. The molecule has 0 unspecified atom stereocenters. The van der Waals surface area contributed by atoms with Gasteiger partial charge in [-0.1, -0.05) is 0 Å². The van der Waals surface area contributed by atoms with Crippen molar-refractivity contribution in [3.05, 3.63) is 40.8 Å². The summed E-state index contributed by atoms with van der Waals surface area (Å²) in [6.45, 7) is 5.40. The van der Waals surface area contributed by atoms with E-state index in [2.05, 4.69) is 21.5 Å². The zero-order chi connectivity index (χ0) is 17.1.